The van der Waals surface area contributed by atoms with Gasteiger partial charge in [0.1, 0.15) is 7.85 Å². The Morgan fingerprint density at radius 1 is 1.14 bits per heavy atom. The lowest BCUT2D eigenvalue weighted by Crippen LogP contribution is -2.41. The maximum Gasteiger partial charge on any atom is 0.101 e. The van der Waals surface area contributed by atoms with E-state index >= 15 is 0 Å². The summed E-state index contributed by atoms with van der Waals surface area (Å²) in [6.07, 6.45) is 16.5. The first-order chi connectivity index (χ1) is 10.6. The van der Waals surface area contributed by atoms with E-state index in [2.05, 4.69) is 26.9 Å². The van der Waals surface area contributed by atoms with E-state index in [9.17, 15) is 5.11 Å². The van der Waals surface area contributed by atoms with Crippen LogP contribution >= 0.6 is 0 Å². The second kappa shape index (κ2) is 5.55. The molecular weight excluding hydrogens is 267 g/mol. The van der Waals surface area contributed by atoms with Crippen LogP contribution in [0.5, 0.6) is 0 Å². The highest BCUT2D eigenvalue weighted by Gasteiger charge is 2.52. The summed E-state index contributed by atoms with van der Waals surface area (Å²) in [7, 11) is 2.35. The van der Waals surface area contributed by atoms with Crippen molar-refractivity contribution in [1.29, 1.82) is 0 Å². The number of rotatable bonds is 2. The van der Waals surface area contributed by atoms with Crippen molar-refractivity contribution < 1.29 is 5.11 Å². The van der Waals surface area contributed by atoms with E-state index in [0.717, 1.165) is 36.5 Å². The number of aliphatic hydroxyl groups is 1. The third-order valence-corrected chi connectivity index (χ3v) is 7.73. The smallest absolute Gasteiger partial charge is 0.101 e. The van der Waals surface area contributed by atoms with Crippen molar-refractivity contribution >= 4 is 7.85 Å². The standard InChI is InChI=1S/C20H31BO/c1-20-10-8-17-16-6-4-15(22)12-13(16)2-5-18(17)19(20)7-3-14(20)9-11-21/h2,5,14-17,19,22H,3-4,6-12,21H2,1H3/t14-,15?,16?,17?,19?,20-/m1/s1. The Hall–Kier alpha value is -0.495. The molecule has 0 aliphatic heterocycles. The molecule has 0 heterocycles. The van der Waals surface area contributed by atoms with Gasteiger partial charge in [-0.15, -0.1) is 0 Å². The zero-order valence-corrected chi connectivity index (χ0v) is 14.4. The fraction of sp³-hybridized carbons (Fsp3) is 0.800. The lowest BCUT2D eigenvalue weighted by Gasteiger charge is -2.50. The maximum absolute atomic E-state index is 9.97. The summed E-state index contributed by atoms with van der Waals surface area (Å²) >= 11 is 0. The molecule has 4 unspecified atom stereocenters. The number of hydrogen-bond acceptors (Lipinski definition) is 1. The van der Waals surface area contributed by atoms with Crippen LogP contribution < -0.4 is 0 Å². The first kappa shape index (κ1) is 15.1. The van der Waals surface area contributed by atoms with Crippen LogP contribution in [0.4, 0.5) is 0 Å². The van der Waals surface area contributed by atoms with Crippen LogP contribution in [0, 0.1) is 29.1 Å². The number of allylic oxidation sites excluding steroid dienone is 3. The Balaban J connectivity index is 1.63. The van der Waals surface area contributed by atoms with Gasteiger partial charge < -0.3 is 5.11 Å². The van der Waals surface area contributed by atoms with Gasteiger partial charge in [-0.1, -0.05) is 43.0 Å². The van der Waals surface area contributed by atoms with Crippen molar-refractivity contribution in [1.82, 2.24) is 0 Å². The van der Waals surface area contributed by atoms with E-state index in [-0.39, 0.29) is 6.10 Å². The summed E-state index contributed by atoms with van der Waals surface area (Å²) < 4.78 is 0. The van der Waals surface area contributed by atoms with E-state index in [1.165, 1.54) is 44.8 Å². The molecule has 1 nitrogen and oxygen atoms in total. The van der Waals surface area contributed by atoms with E-state index in [1.54, 1.807) is 11.1 Å². The minimum absolute atomic E-state index is 0.0771. The molecule has 0 aromatic rings. The molecule has 4 aliphatic carbocycles. The van der Waals surface area contributed by atoms with E-state index in [1.807, 2.05) is 0 Å². The third kappa shape index (κ3) is 2.17. The van der Waals surface area contributed by atoms with E-state index in [0.29, 0.717) is 5.41 Å². The van der Waals surface area contributed by atoms with Gasteiger partial charge in [0.15, 0.2) is 0 Å². The SMILES string of the molecule is BCC[C@H]1CCC2C3=CC=C4CC(O)CCC4C3CC[C@@]21C. The molecule has 0 spiro atoms. The minimum Gasteiger partial charge on any atom is -0.393 e. The van der Waals surface area contributed by atoms with Gasteiger partial charge in [0.2, 0.25) is 0 Å². The fourth-order valence-corrected chi connectivity index (χ4v) is 6.56. The normalized spacial score (nSPS) is 47.1. The highest BCUT2D eigenvalue weighted by molar-refractivity contribution is 6.08. The number of hydrogen-bond donors (Lipinski definition) is 1. The molecule has 1 N–H and O–H groups in total. The predicted molar refractivity (Wildman–Crippen MR) is 94.5 cm³/mol. The minimum atomic E-state index is -0.0771. The molecule has 0 bridgehead atoms. The van der Waals surface area contributed by atoms with Crippen molar-refractivity contribution in [2.24, 2.45) is 29.1 Å². The Morgan fingerprint density at radius 3 is 2.82 bits per heavy atom. The Morgan fingerprint density at radius 2 is 2.00 bits per heavy atom. The zero-order valence-electron chi connectivity index (χ0n) is 14.4. The molecule has 2 heteroatoms. The molecule has 0 amide bonds. The molecular formula is C20H31BO. The third-order valence-electron chi connectivity index (χ3n) is 7.73. The molecule has 0 aromatic carbocycles. The van der Waals surface area contributed by atoms with E-state index in [4.69, 9.17) is 0 Å². The second-order valence-corrected chi connectivity index (χ2v) is 8.72. The molecule has 120 valence electrons. The topological polar surface area (TPSA) is 20.2 Å². The first-order valence-corrected chi connectivity index (χ1v) is 9.72. The molecule has 4 aliphatic rings. The molecule has 3 fully saturated rings. The molecule has 0 radical (unpaired) electrons. The molecule has 22 heavy (non-hydrogen) atoms. The van der Waals surface area contributed by atoms with Crippen LogP contribution in [0.3, 0.4) is 0 Å². The van der Waals surface area contributed by atoms with Crippen molar-refractivity contribution in [3.05, 3.63) is 23.3 Å². The largest absolute Gasteiger partial charge is 0.393 e. The lowest BCUT2D eigenvalue weighted by atomic mass is 9.55. The number of fused-ring (bicyclic) bond motifs is 5. The van der Waals surface area contributed by atoms with Gasteiger partial charge in [0.25, 0.3) is 0 Å². The van der Waals surface area contributed by atoms with Crippen LogP contribution in [-0.4, -0.2) is 19.1 Å². The van der Waals surface area contributed by atoms with Gasteiger partial charge >= 0.3 is 0 Å². The van der Waals surface area contributed by atoms with Crippen LogP contribution in [0.1, 0.15) is 58.3 Å². The highest BCUT2D eigenvalue weighted by Crippen LogP contribution is 2.62. The second-order valence-electron chi connectivity index (χ2n) is 8.72. The van der Waals surface area contributed by atoms with Crippen molar-refractivity contribution in [2.45, 2.75) is 70.7 Å². The Kier molecular flexibility index (Phi) is 3.80. The molecule has 0 aromatic heterocycles. The van der Waals surface area contributed by atoms with Crippen LogP contribution in [-0.2, 0) is 0 Å². The Labute approximate surface area is 136 Å². The average Bonchev–Trinajstić information content (AvgIpc) is 2.84. The number of aliphatic hydroxyl groups excluding tert-OH is 1. The Bertz CT molecular complexity index is 508. The molecule has 6 atom stereocenters. The quantitative estimate of drug-likeness (QED) is 0.767. The van der Waals surface area contributed by atoms with Crippen LogP contribution in [0.2, 0.25) is 6.32 Å². The van der Waals surface area contributed by atoms with Crippen molar-refractivity contribution in [3.8, 4) is 0 Å². The van der Waals surface area contributed by atoms with Gasteiger partial charge in [-0.05, 0) is 74.0 Å². The van der Waals surface area contributed by atoms with Crippen molar-refractivity contribution in [2.75, 3.05) is 0 Å². The predicted octanol–water partition coefficient (Wildman–Crippen LogP) is 3.90. The summed E-state index contributed by atoms with van der Waals surface area (Å²) in [5.74, 6) is 3.39. The van der Waals surface area contributed by atoms with Gasteiger partial charge in [0, 0.05) is 0 Å². The van der Waals surface area contributed by atoms with Gasteiger partial charge in [0.05, 0.1) is 6.10 Å². The monoisotopic (exact) mass is 298 g/mol. The summed E-state index contributed by atoms with van der Waals surface area (Å²) in [5, 5.41) is 9.97. The van der Waals surface area contributed by atoms with Gasteiger partial charge in [-0.2, -0.15) is 0 Å². The van der Waals surface area contributed by atoms with Crippen molar-refractivity contribution in [3.63, 3.8) is 0 Å². The average molecular weight is 298 g/mol. The van der Waals surface area contributed by atoms with Crippen LogP contribution in [0.15, 0.2) is 23.3 Å². The zero-order chi connectivity index (χ0) is 15.3. The molecule has 3 saturated carbocycles. The maximum atomic E-state index is 9.97. The summed E-state index contributed by atoms with van der Waals surface area (Å²) in [5.41, 5.74) is 3.94. The van der Waals surface area contributed by atoms with Gasteiger partial charge in [-0.3, -0.25) is 0 Å². The highest BCUT2D eigenvalue weighted by atomic mass is 16.3. The van der Waals surface area contributed by atoms with Crippen LogP contribution in [0.25, 0.3) is 0 Å². The summed E-state index contributed by atoms with van der Waals surface area (Å²) in [6, 6.07) is 0. The summed E-state index contributed by atoms with van der Waals surface area (Å²) in [6.45, 7) is 2.60. The fourth-order valence-electron chi connectivity index (χ4n) is 6.56. The molecule has 4 rings (SSSR count). The molecule has 0 saturated heterocycles. The van der Waals surface area contributed by atoms with E-state index < -0.39 is 0 Å². The summed E-state index contributed by atoms with van der Waals surface area (Å²) in [4.78, 5) is 0. The van der Waals surface area contributed by atoms with Gasteiger partial charge in [-0.25, -0.2) is 0 Å². The lowest BCUT2D eigenvalue weighted by molar-refractivity contribution is 0.0798. The first-order valence-electron chi connectivity index (χ1n) is 9.72.